The van der Waals surface area contributed by atoms with Gasteiger partial charge in [-0.05, 0) is 36.8 Å². The van der Waals surface area contributed by atoms with Crippen LogP contribution in [0.15, 0.2) is 60.7 Å². The van der Waals surface area contributed by atoms with Crippen molar-refractivity contribution in [2.75, 3.05) is 5.32 Å². The maximum absolute atomic E-state index is 11.3. The number of hydrogen-bond donors (Lipinski definition) is 1. The molecule has 0 aliphatic rings. The van der Waals surface area contributed by atoms with Crippen molar-refractivity contribution >= 4 is 28.6 Å². The number of nitrogens with one attached hydrogen (secondary N) is 1. The highest BCUT2D eigenvalue weighted by molar-refractivity contribution is 5.96. The number of fused-ring (bicyclic) bond motifs is 1. The summed E-state index contributed by atoms with van der Waals surface area (Å²) in [7, 11) is 0. The molecule has 0 fully saturated rings. The number of nitrogens with zero attached hydrogens (tertiary/aromatic N) is 1. The first-order valence-electron chi connectivity index (χ1n) is 7.58. The molecule has 0 radical (unpaired) electrons. The summed E-state index contributed by atoms with van der Waals surface area (Å²) in [5, 5.41) is 3.84. The molecule has 1 N–H and O–H groups in total. The molecule has 114 valence electrons. The SMILES string of the molecule is C/C=C\c1cc(-c2ccccc2)nc2ccc(NC(C)=O)cc12. The minimum atomic E-state index is -0.0780. The molecule has 0 atom stereocenters. The summed E-state index contributed by atoms with van der Waals surface area (Å²) in [5.41, 5.74) is 4.81. The predicted octanol–water partition coefficient (Wildman–Crippen LogP) is 4.89. The Morgan fingerprint density at radius 1 is 1.09 bits per heavy atom. The van der Waals surface area contributed by atoms with Gasteiger partial charge in [-0.2, -0.15) is 0 Å². The molecule has 3 nitrogen and oxygen atoms in total. The zero-order valence-electron chi connectivity index (χ0n) is 13.2. The molecule has 23 heavy (non-hydrogen) atoms. The first-order valence-corrected chi connectivity index (χ1v) is 7.58. The number of carbonyl (C=O) groups is 1. The van der Waals surface area contributed by atoms with Gasteiger partial charge in [0.25, 0.3) is 0 Å². The minimum Gasteiger partial charge on any atom is -0.326 e. The molecular formula is C20H18N2O. The van der Waals surface area contributed by atoms with Gasteiger partial charge in [-0.3, -0.25) is 4.79 Å². The molecule has 0 bridgehead atoms. The fourth-order valence-electron chi connectivity index (χ4n) is 2.61. The van der Waals surface area contributed by atoms with E-state index in [1.165, 1.54) is 6.92 Å². The summed E-state index contributed by atoms with van der Waals surface area (Å²) < 4.78 is 0. The fourth-order valence-corrected chi connectivity index (χ4v) is 2.61. The molecule has 0 aliphatic carbocycles. The van der Waals surface area contributed by atoms with E-state index in [9.17, 15) is 4.79 Å². The van der Waals surface area contributed by atoms with Crippen molar-refractivity contribution in [2.45, 2.75) is 13.8 Å². The van der Waals surface area contributed by atoms with E-state index in [-0.39, 0.29) is 5.91 Å². The van der Waals surface area contributed by atoms with E-state index in [0.29, 0.717) is 0 Å². The van der Waals surface area contributed by atoms with Gasteiger partial charge in [0.05, 0.1) is 11.2 Å². The topological polar surface area (TPSA) is 42.0 Å². The van der Waals surface area contributed by atoms with E-state index in [2.05, 4.69) is 29.6 Å². The molecule has 3 heteroatoms. The van der Waals surface area contributed by atoms with Crippen LogP contribution in [0.4, 0.5) is 5.69 Å². The first kappa shape index (κ1) is 15.0. The molecule has 0 spiro atoms. The normalized spacial score (nSPS) is 11.0. The van der Waals surface area contributed by atoms with Crippen LogP contribution in [0.2, 0.25) is 0 Å². The molecule has 1 aromatic heterocycles. The molecule has 2 aromatic carbocycles. The standard InChI is InChI=1S/C20H18N2O/c1-3-7-16-12-20(15-8-5-4-6-9-15)22-19-11-10-17(13-18(16)19)21-14(2)23/h3-13H,1-2H3,(H,21,23)/b7-3-. The van der Waals surface area contributed by atoms with E-state index in [0.717, 1.165) is 33.4 Å². The highest BCUT2D eigenvalue weighted by Crippen LogP contribution is 2.27. The highest BCUT2D eigenvalue weighted by atomic mass is 16.1. The Morgan fingerprint density at radius 2 is 1.87 bits per heavy atom. The van der Waals surface area contributed by atoms with Crippen LogP contribution in [0.1, 0.15) is 19.4 Å². The Kier molecular flexibility index (Phi) is 4.20. The summed E-state index contributed by atoms with van der Waals surface area (Å²) in [6, 6.07) is 18.0. The van der Waals surface area contributed by atoms with Crippen LogP contribution in [0.25, 0.3) is 28.2 Å². The number of allylic oxidation sites excluding steroid dienone is 1. The van der Waals surface area contributed by atoms with Crippen LogP contribution in [0, 0.1) is 0 Å². The Balaban J connectivity index is 2.19. The summed E-state index contributed by atoms with van der Waals surface area (Å²) >= 11 is 0. The molecule has 3 rings (SSSR count). The molecule has 0 unspecified atom stereocenters. The number of carbonyl (C=O) groups excluding carboxylic acids is 1. The van der Waals surface area contributed by atoms with E-state index in [4.69, 9.17) is 4.98 Å². The zero-order chi connectivity index (χ0) is 16.2. The van der Waals surface area contributed by atoms with Crippen LogP contribution in [0.5, 0.6) is 0 Å². The van der Waals surface area contributed by atoms with Crippen LogP contribution in [-0.2, 0) is 4.79 Å². The second-order valence-electron chi connectivity index (χ2n) is 5.38. The second kappa shape index (κ2) is 6.44. The number of hydrogen-bond acceptors (Lipinski definition) is 2. The van der Waals surface area contributed by atoms with E-state index < -0.39 is 0 Å². The fraction of sp³-hybridized carbons (Fsp3) is 0.100. The Bertz CT molecular complexity index is 883. The smallest absolute Gasteiger partial charge is 0.221 e. The van der Waals surface area contributed by atoms with Crippen molar-refractivity contribution in [3.05, 3.63) is 66.2 Å². The molecular weight excluding hydrogens is 284 g/mol. The van der Waals surface area contributed by atoms with Gasteiger partial charge >= 0.3 is 0 Å². The van der Waals surface area contributed by atoms with Gasteiger partial charge in [0.1, 0.15) is 0 Å². The monoisotopic (exact) mass is 302 g/mol. The van der Waals surface area contributed by atoms with Crippen molar-refractivity contribution in [3.63, 3.8) is 0 Å². The highest BCUT2D eigenvalue weighted by Gasteiger charge is 2.07. The van der Waals surface area contributed by atoms with Gasteiger partial charge in [-0.25, -0.2) is 4.98 Å². The van der Waals surface area contributed by atoms with Gasteiger partial charge in [0.15, 0.2) is 0 Å². The summed E-state index contributed by atoms with van der Waals surface area (Å²) in [6.07, 6.45) is 4.07. The summed E-state index contributed by atoms with van der Waals surface area (Å²) in [5.74, 6) is -0.0780. The van der Waals surface area contributed by atoms with Crippen LogP contribution < -0.4 is 5.32 Å². The largest absolute Gasteiger partial charge is 0.326 e. The number of rotatable bonds is 3. The maximum atomic E-state index is 11.3. The predicted molar refractivity (Wildman–Crippen MR) is 96.2 cm³/mol. The quantitative estimate of drug-likeness (QED) is 0.748. The van der Waals surface area contributed by atoms with Crippen LogP contribution in [0.3, 0.4) is 0 Å². The van der Waals surface area contributed by atoms with E-state index in [1.54, 1.807) is 0 Å². The Morgan fingerprint density at radius 3 is 2.57 bits per heavy atom. The molecule has 0 saturated heterocycles. The van der Waals surface area contributed by atoms with E-state index >= 15 is 0 Å². The van der Waals surface area contributed by atoms with Crippen molar-refractivity contribution < 1.29 is 4.79 Å². The third kappa shape index (κ3) is 3.29. The zero-order valence-corrected chi connectivity index (χ0v) is 13.2. The maximum Gasteiger partial charge on any atom is 0.221 e. The van der Waals surface area contributed by atoms with Gasteiger partial charge < -0.3 is 5.32 Å². The van der Waals surface area contributed by atoms with Gasteiger partial charge in [0, 0.05) is 23.6 Å². The van der Waals surface area contributed by atoms with Crippen LogP contribution in [-0.4, -0.2) is 10.9 Å². The first-order chi connectivity index (χ1) is 11.2. The average molecular weight is 302 g/mol. The van der Waals surface area contributed by atoms with E-state index in [1.807, 2.05) is 49.4 Å². The van der Waals surface area contributed by atoms with Crippen LogP contribution >= 0.6 is 0 Å². The van der Waals surface area contributed by atoms with Gasteiger partial charge in [-0.15, -0.1) is 0 Å². The molecule has 0 saturated carbocycles. The molecule has 0 aliphatic heterocycles. The summed E-state index contributed by atoms with van der Waals surface area (Å²) in [6.45, 7) is 3.50. The van der Waals surface area contributed by atoms with Crippen molar-refractivity contribution in [1.82, 2.24) is 4.98 Å². The molecule has 3 aromatic rings. The Hall–Kier alpha value is -2.94. The third-order valence-electron chi connectivity index (χ3n) is 3.58. The van der Waals surface area contributed by atoms with Crippen molar-refractivity contribution in [1.29, 1.82) is 0 Å². The van der Waals surface area contributed by atoms with Gasteiger partial charge in [-0.1, -0.05) is 42.5 Å². The lowest BCUT2D eigenvalue weighted by atomic mass is 10.0. The summed E-state index contributed by atoms with van der Waals surface area (Å²) in [4.78, 5) is 16.0. The minimum absolute atomic E-state index is 0.0780. The Labute approximate surface area is 135 Å². The number of amides is 1. The third-order valence-corrected chi connectivity index (χ3v) is 3.58. The number of benzene rings is 2. The second-order valence-corrected chi connectivity index (χ2v) is 5.38. The number of aromatic nitrogens is 1. The number of anilines is 1. The lowest BCUT2D eigenvalue weighted by Gasteiger charge is -2.09. The van der Waals surface area contributed by atoms with Crippen molar-refractivity contribution in [2.24, 2.45) is 0 Å². The lowest BCUT2D eigenvalue weighted by Crippen LogP contribution is -2.05. The van der Waals surface area contributed by atoms with Crippen molar-refractivity contribution in [3.8, 4) is 11.3 Å². The number of pyridine rings is 1. The van der Waals surface area contributed by atoms with Gasteiger partial charge in [0.2, 0.25) is 5.91 Å². The lowest BCUT2D eigenvalue weighted by molar-refractivity contribution is -0.114. The molecule has 1 heterocycles. The molecule has 1 amide bonds. The average Bonchev–Trinajstić information content (AvgIpc) is 2.55.